The second kappa shape index (κ2) is 4.89. The van der Waals surface area contributed by atoms with Gasteiger partial charge in [-0.3, -0.25) is 0 Å². The molecule has 3 nitrogen and oxygen atoms in total. The minimum Gasteiger partial charge on any atom is -0.464 e. The molecule has 86 valence electrons. The maximum Gasteiger partial charge on any atom is 0.339 e. The minimum atomic E-state index is -1.16. The molecule has 0 aliphatic carbocycles. The number of thioether (sulfide) groups is 1. The third kappa shape index (κ3) is 2.23. The number of aryl methyl sites for hydroxylation is 1. The highest BCUT2D eigenvalue weighted by atomic mass is 32.2. The summed E-state index contributed by atoms with van der Waals surface area (Å²) >= 11 is 1.76. The van der Waals surface area contributed by atoms with Crippen LogP contribution in [0.25, 0.3) is 0 Å². The normalized spacial score (nSPS) is 15.6. The first-order chi connectivity index (χ1) is 7.72. The van der Waals surface area contributed by atoms with Gasteiger partial charge in [0, 0.05) is 10.6 Å². The Morgan fingerprint density at radius 3 is 3.19 bits per heavy atom. The molecule has 0 saturated heterocycles. The van der Waals surface area contributed by atoms with Crippen LogP contribution in [0.15, 0.2) is 23.1 Å². The molecule has 0 aromatic heterocycles. The molecule has 1 N–H and O–H groups in total. The fourth-order valence-electron chi connectivity index (χ4n) is 1.71. The number of rotatable bonds is 3. The lowest BCUT2D eigenvalue weighted by molar-refractivity contribution is -0.153. The molecule has 1 heterocycles. The van der Waals surface area contributed by atoms with Gasteiger partial charge in [-0.2, -0.15) is 0 Å². The van der Waals surface area contributed by atoms with Gasteiger partial charge in [-0.05, 0) is 30.5 Å². The number of benzene rings is 1. The van der Waals surface area contributed by atoms with Gasteiger partial charge >= 0.3 is 5.97 Å². The molecule has 1 aromatic carbocycles. The zero-order valence-corrected chi connectivity index (χ0v) is 9.92. The van der Waals surface area contributed by atoms with Gasteiger partial charge in [-0.1, -0.05) is 12.1 Å². The van der Waals surface area contributed by atoms with Crippen molar-refractivity contribution in [3.63, 3.8) is 0 Å². The van der Waals surface area contributed by atoms with E-state index >= 15 is 0 Å². The molecule has 0 spiro atoms. The molecular formula is C12H14O3S. The van der Waals surface area contributed by atoms with Crippen molar-refractivity contribution >= 4 is 17.7 Å². The third-order valence-corrected chi connectivity index (χ3v) is 3.65. The van der Waals surface area contributed by atoms with Crippen molar-refractivity contribution < 1.29 is 14.6 Å². The molecule has 2 rings (SSSR count). The lowest BCUT2D eigenvalue weighted by Crippen LogP contribution is -2.15. The maximum absolute atomic E-state index is 11.4. The van der Waals surface area contributed by atoms with E-state index in [9.17, 15) is 9.90 Å². The second-order valence-electron chi connectivity index (χ2n) is 3.62. The maximum atomic E-state index is 11.4. The molecule has 1 aliphatic heterocycles. The molecule has 0 amide bonds. The van der Waals surface area contributed by atoms with Crippen LogP contribution in [0.5, 0.6) is 0 Å². The van der Waals surface area contributed by atoms with Crippen LogP contribution in [0, 0.1) is 0 Å². The van der Waals surface area contributed by atoms with Crippen molar-refractivity contribution in [2.75, 3.05) is 12.4 Å². The molecule has 0 fully saturated rings. The molecule has 1 unspecified atom stereocenters. The van der Waals surface area contributed by atoms with Crippen LogP contribution in [-0.4, -0.2) is 23.4 Å². The number of ether oxygens (including phenoxy) is 1. The van der Waals surface area contributed by atoms with Crippen LogP contribution >= 0.6 is 11.8 Å². The molecule has 16 heavy (non-hydrogen) atoms. The number of hydrogen-bond acceptors (Lipinski definition) is 4. The first-order valence-electron chi connectivity index (χ1n) is 5.32. The van der Waals surface area contributed by atoms with Crippen LogP contribution in [-0.2, 0) is 16.0 Å². The highest BCUT2D eigenvalue weighted by Crippen LogP contribution is 2.33. The SMILES string of the molecule is CCOC(=O)C(O)c1ccc2c(c1)SCC2. The summed E-state index contributed by atoms with van der Waals surface area (Å²) in [5.41, 5.74) is 1.91. The summed E-state index contributed by atoms with van der Waals surface area (Å²) in [4.78, 5) is 12.5. The summed E-state index contributed by atoms with van der Waals surface area (Å²) in [6, 6.07) is 5.66. The molecule has 1 atom stereocenters. The van der Waals surface area contributed by atoms with Gasteiger partial charge in [0.2, 0.25) is 0 Å². The van der Waals surface area contributed by atoms with E-state index in [1.807, 2.05) is 12.1 Å². The number of aliphatic hydroxyl groups excluding tert-OH is 1. The fourth-order valence-corrected chi connectivity index (χ4v) is 2.83. The van der Waals surface area contributed by atoms with E-state index in [1.165, 1.54) is 10.5 Å². The smallest absolute Gasteiger partial charge is 0.339 e. The van der Waals surface area contributed by atoms with E-state index in [0.29, 0.717) is 5.56 Å². The highest BCUT2D eigenvalue weighted by Gasteiger charge is 2.21. The van der Waals surface area contributed by atoms with Crippen molar-refractivity contribution in [1.29, 1.82) is 0 Å². The van der Waals surface area contributed by atoms with Crippen molar-refractivity contribution in [3.8, 4) is 0 Å². The van der Waals surface area contributed by atoms with Crippen LogP contribution < -0.4 is 0 Å². The van der Waals surface area contributed by atoms with Crippen LogP contribution in [0.1, 0.15) is 24.2 Å². The summed E-state index contributed by atoms with van der Waals surface area (Å²) in [5.74, 6) is 0.499. The molecule has 1 aliphatic rings. The Labute approximate surface area is 98.8 Å². The van der Waals surface area contributed by atoms with Gasteiger partial charge in [-0.25, -0.2) is 4.79 Å². The van der Waals surface area contributed by atoms with Gasteiger partial charge in [0.15, 0.2) is 6.10 Å². The summed E-state index contributed by atoms with van der Waals surface area (Å²) in [6.07, 6.45) is -0.0954. The molecule has 0 bridgehead atoms. The van der Waals surface area contributed by atoms with Gasteiger partial charge in [0.05, 0.1) is 6.61 Å². The summed E-state index contributed by atoms with van der Waals surface area (Å²) < 4.78 is 4.78. The Morgan fingerprint density at radius 1 is 1.62 bits per heavy atom. The molecule has 1 aromatic rings. The molecule has 4 heteroatoms. The number of carbonyl (C=O) groups is 1. The topological polar surface area (TPSA) is 46.5 Å². The van der Waals surface area contributed by atoms with Gasteiger partial charge in [0.1, 0.15) is 0 Å². The monoisotopic (exact) mass is 238 g/mol. The van der Waals surface area contributed by atoms with Crippen molar-refractivity contribution in [2.24, 2.45) is 0 Å². The number of fused-ring (bicyclic) bond motifs is 1. The van der Waals surface area contributed by atoms with Crippen LogP contribution in [0.3, 0.4) is 0 Å². The number of aliphatic hydroxyl groups is 1. The highest BCUT2D eigenvalue weighted by molar-refractivity contribution is 7.99. The van der Waals surface area contributed by atoms with Crippen LogP contribution in [0.4, 0.5) is 0 Å². The average Bonchev–Trinajstić information content (AvgIpc) is 2.75. The first-order valence-corrected chi connectivity index (χ1v) is 6.31. The van der Waals surface area contributed by atoms with E-state index in [4.69, 9.17) is 4.74 Å². The van der Waals surface area contributed by atoms with Crippen molar-refractivity contribution in [1.82, 2.24) is 0 Å². The quantitative estimate of drug-likeness (QED) is 0.817. The fraction of sp³-hybridized carbons (Fsp3) is 0.417. The molecular weight excluding hydrogens is 224 g/mol. The van der Waals surface area contributed by atoms with E-state index in [0.717, 1.165) is 12.2 Å². The predicted molar refractivity (Wildman–Crippen MR) is 62.5 cm³/mol. The zero-order valence-electron chi connectivity index (χ0n) is 9.10. The second-order valence-corrected chi connectivity index (χ2v) is 4.76. The third-order valence-electron chi connectivity index (χ3n) is 2.55. The van der Waals surface area contributed by atoms with E-state index < -0.39 is 12.1 Å². The Morgan fingerprint density at radius 2 is 2.44 bits per heavy atom. The minimum absolute atomic E-state index is 0.287. The Bertz CT molecular complexity index is 403. The van der Waals surface area contributed by atoms with Crippen molar-refractivity contribution in [3.05, 3.63) is 29.3 Å². The summed E-state index contributed by atoms with van der Waals surface area (Å²) in [5, 5.41) is 9.77. The number of hydrogen-bond donors (Lipinski definition) is 1. The Kier molecular flexibility index (Phi) is 3.51. The summed E-state index contributed by atoms with van der Waals surface area (Å²) in [7, 11) is 0. The number of esters is 1. The largest absolute Gasteiger partial charge is 0.464 e. The lowest BCUT2D eigenvalue weighted by atomic mass is 10.1. The van der Waals surface area contributed by atoms with E-state index in [1.54, 1.807) is 24.8 Å². The summed E-state index contributed by atoms with van der Waals surface area (Å²) in [6.45, 7) is 2.01. The standard InChI is InChI=1S/C12H14O3S/c1-2-15-12(14)11(13)9-4-3-8-5-6-16-10(8)7-9/h3-4,7,11,13H,2,5-6H2,1H3. The lowest BCUT2D eigenvalue weighted by Gasteiger charge is -2.10. The average molecular weight is 238 g/mol. The molecule has 0 saturated carbocycles. The van der Waals surface area contributed by atoms with Gasteiger partial charge in [0.25, 0.3) is 0 Å². The van der Waals surface area contributed by atoms with E-state index in [-0.39, 0.29) is 6.61 Å². The van der Waals surface area contributed by atoms with Gasteiger partial charge in [-0.15, -0.1) is 11.8 Å². The zero-order chi connectivity index (χ0) is 11.5. The first kappa shape index (κ1) is 11.5. The van der Waals surface area contributed by atoms with Crippen molar-refractivity contribution in [2.45, 2.75) is 24.3 Å². The van der Waals surface area contributed by atoms with E-state index in [2.05, 4.69) is 0 Å². The molecule has 0 radical (unpaired) electrons. The number of carbonyl (C=O) groups excluding carboxylic acids is 1. The Balaban J connectivity index is 2.18. The van der Waals surface area contributed by atoms with Gasteiger partial charge < -0.3 is 9.84 Å². The Hall–Kier alpha value is -1.00. The van der Waals surface area contributed by atoms with Crippen LogP contribution in [0.2, 0.25) is 0 Å². The predicted octanol–water partition coefficient (Wildman–Crippen LogP) is 1.93.